The normalized spacial score (nSPS) is 11.8. The number of aryl methyl sites for hydroxylation is 1. The number of amides is 2. The first kappa shape index (κ1) is 12.7. The van der Waals surface area contributed by atoms with Crippen molar-refractivity contribution in [2.45, 2.75) is 19.4 Å². The molecule has 8 heteroatoms. The molecule has 1 atom stereocenters. The fraction of sp³-hybridized carbons (Fsp3) is 0.333. The molecule has 4 N–H and O–H groups in total. The second kappa shape index (κ2) is 5.10. The maximum Gasteiger partial charge on any atom is 0.326 e. The van der Waals surface area contributed by atoms with Crippen molar-refractivity contribution in [3.05, 3.63) is 17.5 Å². The average Bonchev–Trinajstić information content (AvgIpc) is 2.63. The number of carbonyl (C=O) groups excluding carboxylic acids is 2. The molecule has 0 aromatic carbocycles. The lowest BCUT2D eigenvalue weighted by molar-refractivity contribution is -0.140. The lowest BCUT2D eigenvalue weighted by Crippen LogP contribution is -2.43. The Kier molecular flexibility index (Phi) is 3.81. The van der Waals surface area contributed by atoms with Crippen LogP contribution in [0.3, 0.4) is 0 Å². The summed E-state index contributed by atoms with van der Waals surface area (Å²) in [4.78, 5) is 32.9. The van der Waals surface area contributed by atoms with Crippen LogP contribution in [0.4, 0.5) is 0 Å². The van der Waals surface area contributed by atoms with E-state index in [1.807, 2.05) is 0 Å². The smallest absolute Gasteiger partial charge is 0.326 e. The summed E-state index contributed by atoms with van der Waals surface area (Å²) >= 11 is 0. The van der Waals surface area contributed by atoms with Crippen LogP contribution in [0.5, 0.6) is 0 Å². The lowest BCUT2D eigenvalue weighted by Gasteiger charge is -2.10. The summed E-state index contributed by atoms with van der Waals surface area (Å²) in [5.74, 6) is -2.50. The molecule has 0 spiro atoms. The first-order chi connectivity index (χ1) is 7.90. The predicted molar refractivity (Wildman–Crippen MR) is 53.9 cm³/mol. The molecule has 0 saturated heterocycles. The molecule has 1 rings (SSSR count). The van der Waals surface area contributed by atoms with Crippen molar-refractivity contribution in [3.63, 3.8) is 0 Å². The topological polar surface area (TPSA) is 136 Å². The van der Waals surface area contributed by atoms with Crippen LogP contribution < -0.4 is 11.1 Å². The van der Waals surface area contributed by atoms with E-state index in [0.717, 1.165) is 0 Å². The third kappa shape index (κ3) is 3.59. The minimum Gasteiger partial charge on any atom is -0.480 e. The van der Waals surface area contributed by atoms with Gasteiger partial charge in [0.15, 0.2) is 5.69 Å². The van der Waals surface area contributed by atoms with Crippen LogP contribution in [-0.4, -0.2) is 34.1 Å². The zero-order valence-corrected chi connectivity index (χ0v) is 8.97. The van der Waals surface area contributed by atoms with Gasteiger partial charge < -0.3 is 20.7 Å². The van der Waals surface area contributed by atoms with E-state index in [4.69, 9.17) is 10.8 Å². The molecule has 2 amide bonds. The van der Waals surface area contributed by atoms with Crippen molar-refractivity contribution < 1.29 is 24.0 Å². The number of nitrogens with one attached hydrogen (secondary N) is 1. The summed E-state index contributed by atoms with van der Waals surface area (Å²) in [6.45, 7) is 1.59. The SMILES string of the molecule is Cc1cc(C(=O)N[C@@H](CC(N)=O)C(=O)O)no1. The van der Waals surface area contributed by atoms with Crippen LogP contribution in [0.15, 0.2) is 10.6 Å². The molecule has 1 aromatic heterocycles. The maximum atomic E-state index is 11.5. The van der Waals surface area contributed by atoms with E-state index in [-0.39, 0.29) is 5.69 Å². The Balaban J connectivity index is 2.70. The standard InChI is InChI=1S/C9H11N3O5/c1-4-2-5(12-17-4)8(14)11-6(9(15)16)3-7(10)13/h2,6H,3H2,1H3,(H2,10,13)(H,11,14)(H,15,16)/t6-/m0/s1. The number of hydrogen-bond acceptors (Lipinski definition) is 5. The number of hydrogen-bond donors (Lipinski definition) is 3. The summed E-state index contributed by atoms with van der Waals surface area (Å²) in [5.41, 5.74) is 4.80. The van der Waals surface area contributed by atoms with Crippen molar-refractivity contribution in [2.24, 2.45) is 5.73 Å². The van der Waals surface area contributed by atoms with E-state index in [9.17, 15) is 14.4 Å². The van der Waals surface area contributed by atoms with Gasteiger partial charge in [0.1, 0.15) is 11.8 Å². The molecule has 0 unspecified atom stereocenters. The van der Waals surface area contributed by atoms with E-state index >= 15 is 0 Å². The third-order valence-corrected chi connectivity index (χ3v) is 1.87. The largest absolute Gasteiger partial charge is 0.480 e. The van der Waals surface area contributed by atoms with Crippen LogP contribution in [0.1, 0.15) is 22.7 Å². The van der Waals surface area contributed by atoms with Gasteiger partial charge >= 0.3 is 5.97 Å². The van der Waals surface area contributed by atoms with Gasteiger partial charge in [0, 0.05) is 6.07 Å². The number of aliphatic carboxylic acids is 1. The summed E-state index contributed by atoms with van der Waals surface area (Å²) in [7, 11) is 0. The molecular weight excluding hydrogens is 230 g/mol. The Morgan fingerprint density at radius 2 is 2.24 bits per heavy atom. The molecule has 0 aliphatic heterocycles. The Hall–Kier alpha value is -2.38. The van der Waals surface area contributed by atoms with Gasteiger partial charge in [0.05, 0.1) is 6.42 Å². The van der Waals surface area contributed by atoms with Crippen LogP contribution in [0.2, 0.25) is 0 Å². The summed E-state index contributed by atoms with van der Waals surface area (Å²) in [6, 6.07) is -0.0320. The van der Waals surface area contributed by atoms with E-state index in [1.54, 1.807) is 6.92 Å². The van der Waals surface area contributed by atoms with Crippen molar-refractivity contribution in [1.82, 2.24) is 10.5 Å². The zero-order chi connectivity index (χ0) is 13.0. The first-order valence-electron chi connectivity index (χ1n) is 4.65. The van der Waals surface area contributed by atoms with Crippen molar-refractivity contribution >= 4 is 17.8 Å². The highest BCUT2D eigenvalue weighted by Gasteiger charge is 2.23. The second-order valence-corrected chi connectivity index (χ2v) is 3.36. The average molecular weight is 241 g/mol. The molecule has 0 bridgehead atoms. The fourth-order valence-electron chi connectivity index (χ4n) is 1.11. The number of rotatable bonds is 5. The van der Waals surface area contributed by atoms with Crippen molar-refractivity contribution in [3.8, 4) is 0 Å². The Morgan fingerprint density at radius 1 is 1.59 bits per heavy atom. The van der Waals surface area contributed by atoms with Gasteiger partial charge in [-0.1, -0.05) is 5.16 Å². The number of carboxylic acid groups (broad SMARTS) is 1. The van der Waals surface area contributed by atoms with E-state index < -0.39 is 30.2 Å². The minimum absolute atomic E-state index is 0.0572. The first-order valence-corrected chi connectivity index (χ1v) is 4.65. The molecule has 1 heterocycles. The number of primary amides is 1. The van der Waals surface area contributed by atoms with Crippen LogP contribution in [-0.2, 0) is 9.59 Å². The third-order valence-electron chi connectivity index (χ3n) is 1.87. The molecule has 17 heavy (non-hydrogen) atoms. The Labute approximate surface area is 95.8 Å². The highest BCUT2D eigenvalue weighted by Crippen LogP contribution is 2.02. The quantitative estimate of drug-likeness (QED) is 0.607. The molecule has 92 valence electrons. The molecule has 0 saturated carbocycles. The summed E-state index contributed by atoms with van der Waals surface area (Å²) in [6.07, 6.45) is -0.488. The van der Waals surface area contributed by atoms with Gasteiger partial charge in [-0.25, -0.2) is 4.79 Å². The molecule has 0 aliphatic rings. The fourth-order valence-corrected chi connectivity index (χ4v) is 1.11. The highest BCUT2D eigenvalue weighted by molar-refractivity contribution is 5.96. The number of carbonyl (C=O) groups is 3. The minimum atomic E-state index is -1.38. The van der Waals surface area contributed by atoms with Gasteiger partial charge in [-0.15, -0.1) is 0 Å². The Bertz CT molecular complexity index is 453. The van der Waals surface area contributed by atoms with Crippen LogP contribution in [0, 0.1) is 6.92 Å². The molecule has 0 fully saturated rings. The van der Waals surface area contributed by atoms with Gasteiger partial charge in [-0.3, -0.25) is 9.59 Å². The maximum absolute atomic E-state index is 11.5. The number of carboxylic acids is 1. The molecule has 1 aromatic rings. The zero-order valence-electron chi connectivity index (χ0n) is 8.97. The van der Waals surface area contributed by atoms with Gasteiger partial charge in [-0.2, -0.15) is 0 Å². The number of nitrogens with zero attached hydrogens (tertiary/aromatic N) is 1. The summed E-state index contributed by atoms with van der Waals surface area (Å²) in [5, 5.41) is 14.3. The van der Waals surface area contributed by atoms with E-state index in [1.165, 1.54) is 6.07 Å². The molecular formula is C9H11N3O5. The van der Waals surface area contributed by atoms with E-state index in [0.29, 0.717) is 5.76 Å². The van der Waals surface area contributed by atoms with Gasteiger partial charge in [-0.05, 0) is 6.92 Å². The van der Waals surface area contributed by atoms with Crippen LogP contribution >= 0.6 is 0 Å². The van der Waals surface area contributed by atoms with Gasteiger partial charge in [0.2, 0.25) is 5.91 Å². The second-order valence-electron chi connectivity index (χ2n) is 3.36. The van der Waals surface area contributed by atoms with Gasteiger partial charge in [0.25, 0.3) is 5.91 Å². The van der Waals surface area contributed by atoms with Crippen LogP contribution in [0.25, 0.3) is 0 Å². The molecule has 8 nitrogen and oxygen atoms in total. The molecule has 0 radical (unpaired) electrons. The van der Waals surface area contributed by atoms with Crippen molar-refractivity contribution in [1.29, 1.82) is 0 Å². The lowest BCUT2D eigenvalue weighted by atomic mass is 10.2. The predicted octanol–water partition coefficient (Wildman–Crippen LogP) is -0.959. The summed E-state index contributed by atoms with van der Waals surface area (Å²) < 4.78 is 4.66. The monoisotopic (exact) mass is 241 g/mol. The number of nitrogens with two attached hydrogens (primary N) is 1. The molecule has 0 aliphatic carbocycles. The Morgan fingerprint density at radius 3 is 2.65 bits per heavy atom. The van der Waals surface area contributed by atoms with Crippen molar-refractivity contribution in [2.75, 3.05) is 0 Å². The highest BCUT2D eigenvalue weighted by atomic mass is 16.5. The van der Waals surface area contributed by atoms with E-state index in [2.05, 4.69) is 15.0 Å². The number of aromatic nitrogens is 1.